The fourth-order valence-corrected chi connectivity index (χ4v) is 1.62. The van der Waals surface area contributed by atoms with Crippen molar-refractivity contribution in [2.45, 2.75) is 13.5 Å². The third kappa shape index (κ3) is 3.19. The van der Waals surface area contributed by atoms with Crippen LogP contribution in [0.1, 0.15) is 21.7 Å². The molecule has 6 heteroatoms. The van der Waals surface area contributed by atoms with E-state index in [0.29, 0.717) is 18.1 Å². The maximum atomic E-state index is 10.8. The second kappa shape index (κ2) is 5.34. The number of aromatic carboxylic acids is 1. The molecule has 0 spiro atoms. The molecule has 19 heavy (non-hydrogen) atoms. The van der Waals surface area contributed by atoms with Crippen LogP contribution in [0.25, 0.3) is 0 Å². The summed E-state index contributed by atoms with van der Waals surface area (Å²) in [6, 6.07) is 7.10. The molecule has 2 aromatic heterocycles. The van der Waals surface area contributed by atoms with Crippen LogP contribution in [0.2, 0.25) is 0 Å². The molecule has 0 bridgehead atoms. The number of rotatable bonds is 4. The zero-order chi connectivity index (χ0) is 13.8. The molecule has 6 nitrogen and oxygen atoms in total. The quantitative estimate of drug-likeness (QED) is 0.771. The van der Waals surface area contributed by atoms with Crippen LogP contribution >= 0.6 is 0 Å². The number of nitrogens with one attached hydrogen (secondary N) is 1. The zero-order valence-corrected chi connectivity index (χ0v) is 10.4. The largest absolute Gasteiger partial charge is 0.478 e. The first-order chi connectivity index (χ1) is 9.06. The van der Waals surface area contributed by atoms with Crippen LogP contribution in [0.15, 0.2) is 30.5 Å². The predicted octanol–water partition coefficient (Wildman–Crippen LogP) is 1.68. The second-order valence-electron chi connectivity index (χ2n) is 4.09. The Hall–Kier alpha value is -2.63. The molecule has 0 saturated carbocycles. The Morgan fingerprint density at radius 2 is 2.26 bits per heavy atom. The lowest BCUT2D eigenvalue weighted by Gasteiger charge is -2.08. The van der Waals surface area contributed by atoms with Crippen LogP contribution in [0.4, 0.5) is 11.5 Å². The van der Waals surface area contributed by atoms with Crippen LogP contribution < -0.4 is 11.1 Å². The van der Waals surface area contributed by atoms with Gasteiger partial charge >= 0.3 is 5.97 Å². The van der Waals surface area contributed by atoms with E-state index >= 15 is 0 Å². The lowest BCUT2D eigenvalue weighted by atomic mass is 10.2. The molecule has 0 aromatic carbocycles. The van der Waals surface area contributed by atoms with E-state index in [-0.39, 0.29) is 5.56 Å². The van der Waals surface area contributed by atoms with Gasteiger partial charge in [-0.15, -0.1) is 0 Å². The lowest BCUT2D eigenvalue weighted by molar-refractivity contribution is 0.0696. The van der Waals surface area contributed by atoms with Gasteiger partial charge in [-0.2, -0.15) is 0 Å². The van der Waals surface area contributed by atoms with Gasteiger partial charge in [0.05, 0.1) is 23.5 Å². The fraction of sp³-hybridized carbons (Fsp3) is 0.154. The molecule has 0 amide bonds. The molecule has 98 valence electrons. The monoisotopic (exact) mass is 258 g/mol. The molecule has 0 saturated heterocycles. The molecule has 0 aliphatic rings. The maximum Gasteiger partial charge on any atom is 0.337 e. The van der Waals surface area contributed by atoms with E-state index < -0.39 is 5.97 Å². The third-order valence-corrected chi connectivity index (χ3v) is 2.55. The lowest BCUT2D eigenvalue weighted by Crippen LogP contribution is -2.08. The summed E-state index contributed by atoms with van der Waals surface area (Å²) in [7, 11) is 0. The molecular formula is C13H14N4O2. The van der Waals surface area contributed by atoms with Crippen molar-refractivity contribution in [3.8, 4) is 0 Å². The average molecular weight is 258 g/mol. The van der Waals surface area contributed by atoms with Crippen molar-refractivity contribution in [1.82, 2.24) is 9.97 Å². The van der Waals surface area contributed by atoms with Crippen molar-refractivity contribution in [3.05, 3.63) is 47.4 Å². The number of pyridine rings is 2. The SMILES string of the molecule is Cc1cccc(CNc2ncc(C(=O)O)cc2N)n1. The summed E-state index contributed by atoms with van der Waals surface area (Å²) in [6.45, 7) is 2.39. The van der Waals surface area contributed by atoms with Crippen LogP contribution in [0.5, 0.6) is 0 Å². The highest BCUT2D eigenvalue weighted by molar-refractivity contribution is 5.89. The first-order valence-electron chi connectivity index (χ1n) is 5.71. The number of nitrogens with zero attached hydrogens (tertiary/aromatic N) is 2. The van der Waals surface area contributed by atoms with Crippen molar-refractivity contribution in [2.24, 2.45) is 0 Å². The highest BCUT2D eigenvalue weighted by Gasteiger charge is 2.07. The number of carbonyl (C=O) groups is 1. The van der Waals surface area contributed by atoms with Crippen LogP contribution in [-0.2, 0) is 6.54 Å². The van der Waals surface area contributed by atoms with E-state index in [1.807, 2.05) is 25.1 Å². The molecule has 0 unspecified atom stereocenters. The van der Waals surface area contributed by atoms with Gasteiger partial charge in [-0.05, 0) is 25.1 Å². The van der Waals surface area contributed by atoms with Crippen molar-refractivity contribution in [1.29, 1.82) is 0 Å². The normalized spacial score (nSPS) is 10.2. The van der Waals surface area contributed by atoms with E-state index in [1.54, 1.807) is 0 Å². The van der Waals surface area contributed by atoms with Crippen molar-refractivity contribution in [2.75, 3.05) is 11.1 Å². The van der Waals surface area contributed by atoms with E-state index in [2.05, 4.69) is 15.3 Å². The predicted molar refractivity (Wildman–Crippen MR) is 71.9 cm³/mol. The Balaban J connectivity index is 2.10. The summed E-state index contributed by atoms with van der Waals surface area (Å²) in [5.74, 6) is -0.598. The van der Waals surface area contributed by atoms with Crippen LogP contribution in [0, 0.1) is 6.92 Å². The summed E-state index contributed by atoms with van der Waals surface area (Å²) < 4.78 is 0. The number of anilines is 2. The Morgan fingerprint density at radius 3 is 2.89 bits per heavy atom. The van der Waals surface area contributed by atoms with Gasteiger partial charge in [0.2, 0.25) is 0 Å². The highest BCUT2D eigenvalue weighted by Crippen LogP contribution is 2.17. The van der Waals surface area contributed by atoms with Crippen LogP contribution in [-0.4, -0.2) is 21.0 Å². The molecule has 0 radical (unpaired) electrons. The number of aryl methyl sites for hydroxylation is 1. The van der Waals surface area contributed by atoms with Gasteiger partial charge < -0.3 is 16.2 Å². The van der Waals surface area contributed by atoms with Gasteiger partial charge in [0.1, 0.15) is 5.82 Å². The second-order valence-corrected chi connectivity index (χ2v) is 4.09. The molecule has 4 N–H and O–H groups in total. The van der Waals surface area contributed by atoms with E-state index in [0.717, 1.165) is 11.4 Å². The van der Waals surface area contributed by atoms with Crippen molar-refractivity contribution >= 4 is 17.5 Å². The summed E-state index contributed by atoms with van der Waals surface area (Å²) in [5.41, 5.74) is 7.91. The summed E-state index contributed by atoms with van der Waals surface area (Å²) in [4.78, 5) is 19.1. The number of hydrogen-bond donors (Lipinski definition) is 3. The van der Waals surface area contributed by atoms with Gasteiger partial charge in [-0.3, -0.25) is 4.98 Å². The van der Waals surface area contributed by atoms with Crippen molar-refractivity contribution in [3.63, 3.8) is 0 Å². The van der Waals surface area contributed by atoms with Gasteiger partial charge in [-0.1, -0.05) is 6.07 Å². The standard InChI is InChI=1S/C13H14N4O2/c1-8-3-2-4-10(17-8)7-16-12-11(14)5-9(6-15-12)13(18)19/h2-6H,7,14H2,1H3,(H,15,16)(H,18,19). The number of hydrogen-bond acceptors (Lipinski definition) is 5. The van der Waals surface area contributed by atoms with Gasteiger partial charge in [0.25, 0.3) is 0 Å². The van der Waals surface area contributed by atoms with Crippen LogP contribution in [0.3, 0.4) is 0 Å². The minimum atomic E-state index is -1.05. The van der Waals surface area contributed by atoms with Gasteiger partial charge in [0.15, 0.2) is 0 Å². The topological polar surface area (TPSA) is 101 Å². The summed E-state index contributed by atoms with van der Waals surface area (Å²) in [5, 5.41) is 11.8. The number of carboxylic acids is 1. The minimum absolute atomic E-state index is 0.0664. The van der Waals surface area contributed by atoms with Crippen molar-refractivity contribution < 1.29 is 9.90 Å². The maximum absolute atomic E-state index is 10.8. The average Bonchev–Trinajstić information content (AvgIpc) is 2.37. The van der Waals surface area contributed by atoms with E-state index in [1.165, 1.54) is 12.3 Å². The molecule has 0 atom stereocenters. The van der Waals surface area contributed by atoms with Gasteiger partial charge in [-0.25, -0.2) is 9.78 Å². The van der Waals surface area contributed by atoms with Gasteiger partial charge in [0, 0.05) is 11.9 Å². The highest BCUT2D eigenvalue weighted by atomic mass is 16.4. The van der Waals surface area contributed by atoms with E-state index in [4.69, 9.17) is 10.8 Å². The van der Waals surface area contributed by atoms with E-state index in [9.17, 15) is 4.79 Å². The molecule has 2 rings (SSSR count). The Bertz CT molecular complexity index is 613. The molecule has 0 aliphatic heterocycles. The first-order valence-corrected chi connectivity index (χ1v) is 5.71. The summed E-state index contributed by atoms with van der Waals surface area (Å²) in [6.07, 6.45) is 1.27. The Labute approximate surface area is 110 Å². The molecule has 2 aromatic rings. The molecule has 2 heterocycles. The first kappa shape index (κ1) is 12.8. The third-order valence-electron chi connectivity index (χ3n) is 2.55. The minimum Gasteiger partial charge on any atom is -0.478 e. The molecular weight excluding hydrogens is 244 g/mol. The molecule has 0 aliphatic carbocycles. The number of aromatic nitrogens is 2. The fourth-order valence-electron chi connectivity index (χ4n) is 1.62. The smallest absolute Gasteiger partial charge is 0.337 e. The zero-order valence-electron chi connectivity index (χ0n) is 10.4. The Kier molecular flexibility index (Phi) is 3.61. The number of nitrogen functional groups attached to an aromatic ring is 1. The number of carboxylic acid groups (broad SMARTS) is 1. The Morgan fingerprint density at radius 1 is 1.47 bits per heavy atom. The number of nitrogens with two attached hydrogens (primary N) is 1. The summed E-state index contributed by atoms with van der Waals surface area (Å²) >= 11 is 0. The molecule has 0 fully saturated rings.